The van der Waals surface area contributed by atoms with Gasteiger partial charge in [-0.1, -0.05) is 12.2 Å². The van der Waals surface area contributed by atoms with Gasteiger partial charge in [-0.3, -0.25) is 0 Å². The molecule has 6 heteroatoms. The predicted molar refractivity (Wildman–Crippen MR) is 74.5 cm³/mol. The summed E-state index contributed by atoms with van der Waals surface area (Å²) >= 11 is 4.90. The topological polar surface area (TPSA) is 73.1 Å². The molecule has 0 amide bonds. The molecule has 0 aliphatic carbocycles. The molecule has 1 aliphatic rings. The summed E-state index contributed by atoms with van der Waals surface area (Å²) in [6.07, 6.45) is 3.81. The molecule has 18 heavy (non-hydrogen) atoms. The number of anilines is 1. The quantitative estimate of drug-likeness (QED) is 0.801. The lowest BCUT2D eigenvalue weighted by Crippen LogP contribution is -2.31. The summed E-state index contributed by atoms with van der Waals surface area (Å²) < 4.78 is 5.36. The van der Waals surface area contributed by atoms with E-state index < -0.39 is 0 Å². The standard InChI is InChI=1S/C12H18N4OS/c1-8(9-3-6-17-7-4-9)15-12-14-5-2-10(16-12)11(13)18/h2,5,8-9H,3-4,6-7H2,1H3,(H2,13,18)(H,14,15,16). The molecule has 1 atom stereocenters. The Labute approximate surface area is 112 Å². The van der Waals surface area contributed by atoms with Crippen molar-refractivity contribution in [2.24, 2.45) is 11.7 Å². The first-order valence-corrected chi connectivity index (χ1v) is 6.55. The Morgan fingerprint density at radius 3 is 2.94 bits per heavy atom. The Morgan fingerprint density at radius 1 is 1.56 bits per heavy atom. The van der Waals surface area contributed by atoms with Crippen LogP contribution in [0.2, 0.25) is 0 Å². The van der Waals surface area contributed by atoms with E-state index in [1.165, 1.54) is 0 Å². The lowest BCUT2D eigenvalue weighted by molar-refractivity contribution is 0.0621. The van der Waals surface area contributed by atoms with E-state index in [4.69, 9.17) is 22.7 Å². The number of nitrogens with two attached hydrogens (primary N) is 1. The van der Waals surface area contributed by atoms with Gasteiger partial charge in [-0.05, 0) is 31.7 Å². The third kappa shape index (κ3) is 3.36. The van der Waals surface area contributed by atoms with Crippen LogP contribution in [0.15, 0.2) is 12.3 Å². The molecule has 0 radical (unpaired) electrons. The van der Waals surface area contributed by atoms with Gasteiger partial charge in [-0.25, -0.2) is 9.97 Å². The maximum absolute atomic E-state index is 5.55. The maximum Gasteiger partial charge on any atom is 0.223 e. The van der Waals surface area contributed by atoms with Crippen LogP contribution in [-0.2, 0) is 4.74 Å². The average Bonchev–Trinajstić information content (AvgIpc) is 2.40. The SMILES string of the molecule is CC(Nc1nccc(C(N)=S)n1)C1CCOCC1. The fourth-order valence-corrected chi connectivity index (χ4v) is 2.22. The molecule has 5 nitrogen and oxygen atoms in total. The molecular weight excluding hydrogens is 248 g/mol. The molecule has 0 aromatic carbocycles. The van der Waals surface area contributed by atoms with E-state index in [9.17, 15) is 0 Å². The first-order chi connectivity index (χ1) is 8.66. The van der Waals surface area contributed by atoms with E-state index in [1.54, 1.807) is 12.3 Å². The number of aromatic nitrogens is 2. The van der Waals surface area contributed by atoms with Gasteiger partial charge < -0.3 is 15.8 Å². The van der Waals surface area contributed by atoms with Crippen molar-refractivity contribution in [3.8, 4) is 0 Å². The van der Waals surface area contributed by atoms with Crippen LogP contribution in [0.25, 0.3) is 0 Å². The highest BCUT2D eigenvalue weighted by molar-refractivity contribution is 7.80. The second-order valence-corrected chi connectivity index (χ2v) is 4.95. The second kappa shape index (κ2) is 6.06. The molecule has 2 heterocycles. The van der Waals surface area contributed by atoms with Crippen molar-refractivity contribution in [3.05, 3.63) is 18.0 Å². The molecule has 1 aliphatic heterocycles. The molecule has 0 saturated carbocycles. The molecule has 1 unspecified atom stereocenters. The van der Waals surface area contributed by atoms with E-state index >= 15 is 0 Å². The van der Waals surface area contributed by atoms with Crippen LogP contribution in [0.3, 0.4) is 0 Å². The van der Waals surface area contributed by atoms with E-state index in [0.29, 0.717) is 28.6 Å². The maximum atomic E-state index is 5.55. The van der Waals surface area contributed by atoms with E-state index in [2.05, 4.69) is 22.2 Å². The summed E-state index contributed by atoms with van der Waals surface area (Å²) in [6, 6.07) is 2.03. The average molecular weight is 266 g/mol. The highest BCUT2D eigenvalue weighted by Gasteiger charge is 2.20. The zero-order valence-corrected chi connectivity index (χ0v) is 11.2. The number of ether oxygens (including phenoxy) is 1. The molecule has 98 valence electrons. The number of rotatable bonds is 4. The predicted octanol–water partition coefficient (Wildman–Crippen LogP) is 1.34. The van der Waals surface area contributed by atoms with Crippen LogP contribution < -0.4 is 11.1 Å². The molecule has 3 N–H and O–H groups in total. The van der Waals surface area contributed by atoms with Crippen molar-refractivity contribution in [2.75, 3.05) is 18.5 Å². The molecule has 0 spiro atoms. The van der Waals surface area contributed by atoms with Gasteiger partial charge in [-0.2, -0.15) is 0 Å². The van der Waals surface area contributed by atoms with E-state index in [0.717, 1.165) is 26.1 Å². The number of hydrogen-bond acceptors (Lipinski definition) is 5. The molecule has 1 saturated heterocycles. The summed E-state index contributed by atoms with van der Waals surface area (Å²) in [5.41, 5.74) is 6.15. The van der Waals surface area contributed by atoms with Crippen molar-refractivity contribution >= 4 is 23.2 Å². The first-order valence-electron chi connectivity index (χ1n) is 6.14. The second-order valence-electron chi connectivity index (χ2n) is 4.51. The van der Waals surface area contributed by atoms with Gasteiger partial charge in [0.1, 0.15) is 10.7 Å². The zero-order chi connectivity index (χ0) is 13.0. The summed E-state index contributed by atoms with van der Waals surface area (Å²) in [7, 11) is 0. The fraction of sp³-hybridized carbons (Fsp3) is 0.583. The fourth-order valence-electron chi connectivity index (χ4n) is 2.10. The summed E-state index contributed by atoms with van der Waals surface area (Å²) in [5, 5.41) is 3.31. The Kier molecular flexibility index (Phi) is 4.43. The minimum atomic E-state index is 0.291. The third-order valence-corrected chi connectivity index (χ3v) is 3.45. The van der Waals surface area contributed by atoms with E-state index in [-0.39, 0.29) is 0 Å². The van der Waals surface area contributed by atoms with Crippen LogP contribution >= 0.6 is 12.2 Å². The molecule has 2 rings (SSSR count). The molecule has 1 aromatic rings. The smallest absolute Gasteiger partial charge is 0.223 e. The van der Waals surface area contributed by atoms with Gasteiger partial charge in [0.2, 0.25) is 5.95 Å². The van der Waals surface area contributed by atoms with Gasteiger partial charge in [0.25, 0.3) is 0 Å². The minimum absolute atomic E-state index is 0.291. The largest absolute Gasteiger partial charge is 0.388 e. The number of thiocarbonyl (C=S) groups is 1. The molecule has 1 aromatic heterocycles. The molecule has 1 fully saturated rings. The lowest BCUT2D eigenvalue weighted by Gasteiger charge is -2.28. The Morgan fingerprint density at radius 2 is 2.28 bits per heavy atom. The van der Waals surface area contributed by atoms with Crippen molar-refractivity contribution in [3.63, 3.8) is 0 Å². The van der Waals surface area contributed by atoms with Crippen LogP contribution in [0.5, 0.6) is 0 Å². The van der Waals surface area contributed by atoms with Crippen molar-refractivity contribution in [2.45, 2.75) is 25.8 Å². The third-order valence-electron chi connectivity index (χ3n) is 3.24. The van der Waals surface area contributed by atoms with Gasteiger partial charge in [0, 0.05) is 25.5 Å². The first kappa shape index (κ1) is 13.2. The summed E-state index contributed by atoms with van der Waals surface area (Å²) in [4.78, 5) is 8.77. The zero-order valence-electron chi connectivity index (χ0n) is 10.4. The van der Waals surface area contributed by atoms with Gasteiger partial charge in [-0.15, -0.1) is 0 Å². The van der Waals surface area contributed by atoms with E-state index in [1.807, 2.05) is 0 Å². The number of hydrogen-bond donors (Lipinski definition) is 2. The van der Waals surface area contributed by atoms with Gasteiger partial charge in [0.05, 0.1) is 0 Å². The van der Waals surface area contributed by atoms with Gasteiger partial charge >= 0.3 is 0 Å². The van der Waals surface area contributed by atoms with Crippen molar-refractivity contribution in [1.82, 2.24) is 9.97 Å². The Bertz CT molecular complexity index is 420. The van der Waals surface area contributed by atoms with Crippen LogP contribution in [0.1, 0.15) is 25.5 Å². The normalized spacial score (nSPS) is 18.3. The molecular formula is C12H18N4OS. The highest BCUT2D eigenvalue weighted by Crippen LogP contribution is 2.20. The lowest BCUT2D eigenvalue weighted by atomic mass is 9.93. The highest BCUT2D eigenvalue weighted by atomic mass is 32.1. The number of nitrogens with zero attached hydrogens (tertiary/aromatic N) is 2. The summed E-state index contributed by atoms with van der Waals surface area (Å²) in [6.45, 7) is 3.82. The molecule has 0 bridgehead atoms. The van der Waals surface area contributed by atoms with Gasteiger partial charge in [0.15, 0.2) is 0 Å². The van der Waals surface area contributed by atoms with Crippen LogP contribution in [0.4, 0.5) is 5.95 Å². The van der Waals surface area contributed by atoms with Crippen LogP contribution in [-0.4, -0.2) is 34.2 Å². The Balaban J connectivity index is 1.99. The monoisotopic (exact) mass is 266 g/mol. The minimum Gasteiger partial charge on any atom is -0.388 e. The Hall–Kier alpha value is -1.27. The van der Waals surface area contributed by atoms with Crippen molar-refractivity contribution in [1.29, 1.82) is 0 Å². The van der Waals surface area contributed by atoms with Crippen molar-refractivity contribution < 1.29 is 4.74 Å². The summed E-state index contributed by atoms with van der Waals surface area (Å²) in [5.74, 6) is 1.18. The van der Waals surface area contributed by atoms with Crippen LogP contribution in [0, 0.1) is 5.92 Å². The number of nitrogens with one attached hydrogen (secondary N) is 1.